The highest BCUT2D eigenvalue weighted by Gasteiger charge is 2.21. The van der Waals surface area contributed by atoms with Crippen molar-refractivity contribution in [2.24, 2.45) is 0 Å². The maximum Gasteiger partial charge on any atom is 0.0533 e. The first-order chi connectivity index (χ1) is 7.18. The second kappa shape index (κ2) is 4.54. The van der Waals surface area contributed by atoms with Crippen LogP contribution in [0.15, 0.2) is 22.7 Å². The molecule has 0 saturated heterocycles. The second-order valence-electron chi connectivity index (χ2n) is 4.29. The summed E-state index contributed by atoms with van der Waals surface area (Å²) in [4.78, 5) is 0. The quantitative estimate of drug-likeness (QED) is 0.860. The summed E-state index contributed by atoms with van der Waals surface area (Å²) in [5.41, 5.74) is 2.63. The molecule has 1 unspecified atom stereocenters. The number of anilines is 1. The van der Waals surface area contributed by atoms with Crippen LogP contribution in [0.2, 0.25) is 0 Å². The number of fused-ring (bicyclic) bond motifs is 1. The summed E-state index contributed by atoms with van der Waals surface area (Å²) < 4.78 is 1.16. The lowest BCUT2D eigenvalue weighted by Crippen LogP contribution is -2.32. The summed E-state index contributed by atoms with van der Waals surface area (Å²) in [6, 6.07) is 7.40. The van der Waals surface area contributed by atoms with Crippen LogP contribution in [0.4, 0.5) is 5.69 Å². The Hall–Kier alpha value is -0.540. The molecule has 0 aliphatic carbocycles. The van der Waals surface area contributed by atoms with Crippen molar-refractivity contribution < 1.29 is 0 Å². The molecule has 0 amide bonds. The standard InChI is InChI=1S/C12H17BrN2/c1-8(2)15-11-6-7-14-12-9(11)4-3-5-10(12)13/h3-5,8,11,14-15H,6-7H2,1-2H3. The number of hydrogen-bond donors (Lipinski definition) is 2. The van der Waals surface area contributed by atoms with E-state index in [4.69, 9.17) is 0 Å². The van der Waals surface area contributed by atoms with Crippen LogP contribution in [-0.2, 0) is 0 Å². The second-order valence-corrected chi connectivity index (χ2v) is 5.15. The van der Waals surface area contributed by atoms with Gasteiger partial charge in [0.05, 0.1) is 5.69 Å². The molecule has 0 spiro atoms. The van der Waals surface area contributed by atoms with Gasteiger partial charge in [-0.15, -0.1) is 0 Å². The van der Waals surface area contributed by atoms with Crippen LogP contribution in [-0.4, -0.2) is 12.6 Å². The Bertz CT molecular complexity index is 349. The minimum atomic E-state index is 0.485. The van der Waals surface area contributed by atoms with Gasteiger partial charge in [-0.2, -0.15) is 0 Å². The van der Waals surface area contributed by atoms with Crippen molar-refractivity contribution in [2.45, 2.75) is 32.4 Å². The van der Waals surface area contributed by atoms with Crippen LogP contribution in [0.5, 0.6) is 0 Å². The zero-order valence-electron chi connectivity index (χ0n) is 9.18. The number of halogens is 1. The van der Waals surface area contributed by atoms with Gasteiger partial charge in [-0.25, -0.2) is 0 Å². The van der Waals surface area contributed by atoms with Crippen LogP contribution in [0, 0.1) is 0 Å². The first-order valence-corrected chi connectivity index (χ1v) is 6.26. The summed E-state index contributed by atoms with van der Waals surface area (Å²) in [5.74, 6) is 0. The third kappa shape index (κ3) is 2.34. The van der Waals surface area contributed by atoms with Gasteiger partial charge in [0.15, 0.2) is 0 Å². The number of benzene rings is 1. The lowest BCUT2D eigenvalue weighted by molar-refractivity contribution is 0.453. The van der Waals surface area contributed by atoms with Crippen molar-refractivity contribution in [1.29, 1.82) is 0 Å². The van der Waals surface area contributed by atoms with Crippen molar-refractivity contribution >= 4 is 21.6 Å². The van der Waals surface area contributed by atoms with E-state index in [-0.39, 0.29) is 0 Å². The lowest BCUT2D eigenvalue weighted by Gasteiger charge is -2.29. The van der Waals surface area contributed by atoms with Gasteiger partial charge in [-0.3, -0.25) is 0 Å². The topological polar surface area (TPSA) is 24.1 Å². The molecule has 0 radical (unpaired) electrons. The normalized spacial score (nSPS) is 19.9. The molecule has 0 saturated carbocycles. The van der Waals surface area contributed by atoms with Gasteiger partial charge < -0.3 is 10.6 Å². The van der Waals surface area contributed by atoms with E-state index in [0.717, 1.165) is 17.4 Å². The molecule has 82 valence electrons. The number of hydrogen-bond acceptors (Lipinski definition) is 2. The molecule has 0 bridgehead atoms. The highest BCUT2D eigenvalue weighted by atomic mass is 79.9. The van der Waals surface area contributed by atoms with Gasteiger partial charge in [-0.1, -0.05) is 26.0 Å². The maximum atomic E-state index is 3.60. The highest BCUT2D eigenvalue weighted by Crippen LogP contribution is 2.35. The molecule has 0 aromatic heterocycles. The Morgan fingerprint density at radius 1 is 1.47 bits per heavy atom. The monoisotopic (exact) mass is 268 g/mol. The van der Waals surface area contributed by atoms with E-state index in [0.29, 0.717) is 12.1 Å². The summed E-state index contributed by atoms with van der Waals surface area (Å²) >= 11 is 3.59. The molecule has 1 aliphatic rings. The summed E-state index contributed by atoms with van der Waals surface area (Å²) in [6.45, 7) is 5.43. The van der Waals surface area contributed by atoms with E-state index in [2.05, 4.69) is 58.6 Å². The smallest absolute Gasteiger partial charge is 0.0533 e. The van der Waals surface area contributed by atoms with E-state index >= 15 is 0 Å². The first kappa shape index (κ1) is 11.0. The van der Waals surface area contributed by atoms with Gasteiger partial charge >= 0.3 is 0 Å². The average molecular weight is 269 g/mol. The largest absolute Gasteiger partial charge is 0.384 e. The third-order valence-corrected chi connectivity index (χ3v) is 3.35. The highest BCUT2D eigenvalue weighted by molar-refractivity contribution is 9.10. The van der Waals surface area contributed by atoms with Gasteiger partial charge in [0.25, 0.3) is 0 Å². The molecule has 1 aromatic rings. The summed E-state index contributed by atoms with van der Waals surface area (Å²) in [6.07, 6.45) is 1.15. The Morgan fingerprint density at radius 2 is 2.27 bits per heavy atom. The number of nitrogens with one attached hydrogen (secondary N) is 2. The predicted octanol–water partition coefficient (Wildman–Crippen LogP) is 3.30. The summed E-state index contributed by atoms with van der Waals surface area (Å²) in [5, 5.41) is 7.05. The van der Waals surface area contributed by atoms with Crippen molar-refractivity contribution in [3.63, 3.8) is 0 Å². The molecule has 1 aromatic carbocycles. The van der Waals surface area contributed by atoms with Crippen LogP contribution < -0.4 is 10.6 Å². The molecule has 2 rings (SSSR count). The molecule has 15 heavy (non-hydrogen) atoms. The molecular formula is C12H17BrN2. The maximum absolute atomic E-state index is 3.60. The molecule has 2 N–H and O–H groups in total. The zero-order valence-corrected chi connectivity index (χ0v) is 10.8. The Balaban J connectivity index is 2.30. The van der Waals surface area contributed by atoms with Crippen LogP contribution in [0.25, 0.3) is 0 Å². The number of para-hydroxylation sites is 1. The lowest BCUT2D eigenvalue weighted by atomic mass is 9.97. The third-order valence-electron chi connectivity index (χ3n) is 2.69. The van der Waals surface area contributed by atoms with Crippen molar-refractivity contribution in [3.05, 3.63) is 28.2 Å². The summed E-state index contributed by atoms with van der Waals surface area (Å²) in [7, 11) is 0. The zero-order chi connectivity index (χ0) is 10.8. The fourth-order valence-corrected chi connectivity index (χ4v) is 2.61. The van der Waals surface area contributed by atoms with Crippen LogP contribution >= 0.6 is 15.9 Å². The number of rotatable bonds is 2. The SMILES string of the molecule is CC(C)NC1CCNc2c(Br)cccc21. The Morgan fingerprint density at radius 3 is 3.00 bits per heavy atom. The van der Waals surface area contributed by atoms with Gasteiger partial charge in [-0.05, 0) is 34.0 Å². The van der Waals surface area contributed by atoms with E-state index in [9.17, 15) is 0 Å². The molecule has 3 heteroatoms. The molecule has 0 fully saturated rings. The van der Waals surface area contributed by atoms with Gasteiger partial charge in [0, 0.05) is 23.1 Å². The molecule has 2 nitrogen and oxygen atoms in total. The minimum Gasteiger partial charge on any atom is -0.384 e. The van der Waals surface area contributed by atoms with Crippen LogP contribution in [0.1, 0.15) is 31.9 Å². The van der Waals surface area contributed by atoms with E-state index in [1.165, 1.54) is 11.3 Å². The molecule has 1 atom stereocenters. The van der Waals surface area contributed by atoms with E-state index in [1.807, 2.05) is 0 Å². The van der Waals surface area contributed by atoms with Gasteiger partial charge in [0.1, 0.15) is 0 Å². The van der Waals surface area contributed by atoms with Gasteiger partial charge in [0.2, 0.25) is 0 Å². The fraction of sp³-hybridized carbons (Fsp3) is 0.500. The van der Waals surface area contributed by atoms with Crippen molar-refractivity contribution in [2.75, 3.05) is 11.9 Å². The van der Waals surface area contributed by atoms with E-state index < -0.39 is 0 Å². The van der Waals surface area contributed by atoms with Crippen molar-refractivity contribution in [3.8, 4) is 0 Å². The molecular weight excluding hydrogens is 252 g/mol. The fourth-order valence-electron chi connectivity index (χ4n) is 2.09. The first-order valence-electron chi connectivity index (χ1n) is 5.47. The Kier molecular flexibility index (Phi) is 3.32. The predicted molar refractivity (Wildman–Crippen MR) is 68.3 cm³/mol. The average Bonchev–Trinajstić information content (AvgIpc) is 2.19. The van der Waals surface area contributed by atoms with Crippen LogP contribution in [0.3, 0.4) is 0 Å². The Labute approximate surface area is 99.6 Å². The molecule has 1 aliphatic heterocycles. The minimum absolute atomic E-state index is 0.485. The van der Waals surface area contributed by atoms with Crippen molar-refractivity contribution in [1.82, 2.24) is 5.32 Å². The molecule has 1 heterocycles. The van der Waals surface area contributed by atoms with E-state index in [1.54, 1.807) is 0 Å².